The van der Waals surface area contributed by atoms with Gasteiger partial charge >= 0.3 is 0 Å². The lowest BCUT2D eigenvalue weighted by Gasteiger charge is -2.33. The molecule has 0 bridgehead atoms. The van der Waals surface area contributed by atoms with Crippen LogP contribution in [0.4, 0.5) is 0 Å². The number of rotatable bonds is 3. The zero-order valence-corrected chi connectivity index (χ0v) is 13.0. The van der Waals surface area contributed by atoms with Gasteiger partial charge in [0.15, 0.2) is 0 Å². The highest BCUT2D eigenvalue weighted by atomic mass is 32.2. The molecule has 2 amide bonds. The summed E-state index contributed by atoms with van der Waals surface area (Å²) >= 11 is 1.57. The van der Waals surface area contributed by atoms with Gasteiger partial charge in [0.2, 0.25) is 11.8 Å². The average molecular weight is 308 g/mol. The van der Waals surface area contributed by atoms with E-state index in [-0.39, 0.29) is 24.4 Å². The molecule has 1 atom stereocenters. The Balaban J connectivity index is 1.60. The Morgan fingerprint density at radius 3 is 3.05 bits per heavy atom. The fraction of sp³-hybridized carbons (Fsp3) is 0.643. The Morgan fingerprint density at radius 2 is 2.38 bits per heavy atom. The Labute approximate surface area is 128 Å². The van der Waals surface area contributed by atoms with Crippen molar-refractivity contribution in [1.82, 2.24) is 19.6 Å². The Morgan fingerprint density at radius 1 is 1.52 bits per heavy atom. The van der Waals surface area contributed by atoms with Crippen molar-refractivity contribution in [3.05, 3.63) is 18.0 Å². The van der Waals surface area contributed by atoms with E-state index in [0.29, 0.717) is 18.2 Å². The van der Waals surface area contributed by atoms with Crippen LogP contribution in [0, 0.1) is 6.92 Å². The molecular formula is C14H20N4O2S. The quantitative estimate of drug-likeness (QED) is 0.832. The van der Waals surface area contributed by atoms with Gasteiger partial charge in [-0.15, -0.1) is 11.8 Å². The summed E-state index contributed by atoms with van der Waals surface area (Å²) in [5.41, 5.74) is 1.14. The summed E-state index contributed by atoms with van der Waals surface area (Å²) in [6, 6.07) is 0.250. The number of aromatic nitrogens is 2. The van der Waals surface area contributed by atoms with Crippen LogP contribution >= 0.6 is 11.8 Å². The van der Waals surface area contributed by atoms with Crippen molar-refractivity contribution >= 4 is 23.6 Å². The van der Waals surface area contributed by atoms with Crippen LogP contribution in [-0.4, -0.2) is 62.7 Å². The van der Waals surface area contributed by atoms with Crippen LogP contribution in [0.25, 0.3) is 0 Å². The molecule has 3 heterocycles. The van der Waals surface area contributed by atoms with Gasteiger partial charge in [0, 0.05) is 19.3 Å². The molecule has 1 aromatic rings. The summed E-state index contributed by atoms with van der Waals surface area (Å²) in [6.07, 6.45) is 5.90. The van der Waals surface area contributed by atoms with Crippen molar-refractivity contribution in [3.8, 4) is 0 Å². The van der Waals surface area contributed by atoms with Crippen LogP contribution in [0.3, 0.4) is 0 Å². The largest absolute Gasteiger partial charge is 0.339 e. The molecule has 7 heteroatoms. The molecule has 2 fully saturated rings. The second-order valence-corrected chi connectivity index (χ2v) is 6.66. The summed E-state index contributed by atoms with van der Waals surface area (Å²) in [4.78, 5) is 27.5. The molecule has 0 saturated carbocycles. The minimum Gasteiger partial charge on any atom is -0.339 e. The molecular weight excluding hydrogens is 288 g/mol. The van der Waals surface area contributed by atoms with Crippen LogP contribution in [0.15, 0.2) is 12.4 Å². The molecule has 0 aliphatic carbocycles. The molecule has 114 valence electrons. The van der Waals surface area contributed by atoms with Crippen molar-refractivity contribution in [1.29, 1.82) is 0 Å². The van der Waals surface area contributed by atoms with Gasteiger partial charge in [0.05, 0.1) is 23.9 Å². The van der Waals surface area contributed by atoms with Crippen LogP contribution < -0.4 is 0 Å². The number of hydrogen-bond acceptors (Lipinski definition) is 4. The molecule has 0 radical (unpaired) electrons. The average Bonchev–Trinajstić information content (AvgIpc) is 3.08. The highest BCUT2D eigenvalue weighted by Gasteiger charge is 2.29. The topological polar surface area (TPSA) is 58.4 Å². The van der Waals surface area contributed by atoms with Crippen molar-refractivity contribution in [3.63, 3.8) is 0 Å². The van der Waals surface area contributed by atoms with Crippen LogP contribution in [0.1, 0.15) is 24.4 Å². The van der Waals surface area contributed by atoms with E-state index in [1.54, 1.807) is 16.7 Å². The molecule has 0 spiro atoms. The third kappa shape index (κ3) is 3.23. The fourth-order valence-corrected chi connectivity index (χ4v) is 3.74. The van der Waals surface area contributed by atoms with Crippen molar-refractivity contribution in [2.45, 2.75) is 25.8 Å². The molecule has 0 N–H and O–H groups in total. The Kier molecular flexibility index (Phi) is 4.19. The molecule has 3 rings (SSSR count). The number of carbonyl (C=O) groups excluding carboxylic acids is 2. The number of carbonyl (C=O) groups is 2. The first-order chi connectivity index (χ1) is 10.1. The van der Waals surface area contributed by atoms with Gasteiger partial charge in [-0.25, -0.2) is 0 Å². The van der Waals surface area contributed by atoms with Crippen molar-refractivity contribution in [2.75, 3.05) is 31.3 Å². The molecule has 0 aromatic carbocycles. The minimum absolute atomic E-state index is 0.0550. The zero-order chi connectivity index (χ0) is 14.8. The van der Waals surface area contributed by atoms with Crippen LogP contribution in [0.2, 0.25) is 0 Å². The SMILES string of the molecule is Cc1cnn([C@@H]2CCCN(C(=O)CN3CSCC3=O)C2)c1. The molecule has 2 saturated heterocycles. The Bertz CT molecular complexity index is 545. The third-order valence-corrected chi connectivity index (χ3v) is 4.95. The van der Waals surface area contributed by atoms with E-state index in [1.807, 2.05) is 28.9 Å². The number of thioether (sulfide) groups is 1. The first kappa shape index (κ1) is 14.4. The van der Waals surface area contributed by atoms with E-state index in [4.69, 9.17) is 0 Å². The third-order valence-electron chi connectivity index (χ3n) is 4.01. The van der Waals surface area contributed by atoms with Gasteiger partial charge in [0.25, 0.3) is 0 Å². The molecule has 1 aromatic heterocycles. The summed E-state index contributed by atoms with van der Waals surface area (Å²) < 4.78 is 1.96. The number of nitrogens with zero attached hydrogens (tertiary/aromatic N) is 4. The number of hydrogen-bond donors (Lipinski definition) is 0. The molecule has 2 aliphatic rings. The van der Waals surface area contributed by atoms with Gasteiger partial charge in [-0.05, 0) is 25.3 Å². The standard InChI is InChI=1S/C14H20N4O2S/c1-11-5-15-18(6-11)12-3-2-4-16(7-12)13(19)8-17-10-21-9-14(17)20/h5-6,12H,2-4,7-10H2,1H3/t12-/m1/s1. The van der Waals surface area contributed by atoms with Gasteiger partial charge in [-0.2, -0.15) is 5.10 Å². The Hall–Kier alpha value is -1.50. The first-order valence-electron chi connectivity index (χ1n) is 7.27. The van der Waals surface area contributed by atoms with Gasteiger partial charge in [-0.1, -0.05) is 0 Å². The minimum atomic E-state index is 0.0550. The summed E-state index contributed by atoms with van der Waals surface area (Å²) in [5, 5.41) is 4.36. The molecule has 0 unspecified atom stereocenters. The van der Waals surface area contributed by atoms with E-state index >= 15 is 0 Å². The lowest BCUT2D eigenvalue weighted by Crippen LogP contribution is -2.46. The number of aryl methyl sites for hydroxylation is 1. The maximum Gasteiger partial charge on any atom is 0.242 e. The lowest BCUT2D eigenvalue weighted by atomic mass is 10.1. The maximum atomic E-state index is 12.4. The smallest absolute Gasteiger partial charge is 0.242 e. The van der Waals surface area contributed by atoms with E-state index in [1.165, 1.54) is 0 Å². The number of likely N-dealkylation sites (tertiary alicyclic amines) is 1. The van der Waals surface area contributed by atoms with Crippen molar-refractivity contribution in [2.24, 2.45) is 0 Å². The highest BCUT2D eigenvalue weighted by molar-refractivity contribution is 8.00. The number of piperidine rings is 1. The van der Waals surface area contributed by atoms with Crippen LogP contribution in [-0.2, 0) is 9.59 Å². The van der Waals surface area contributed by atoms with Gasteiger partial charge in [-0.3, -0.25) is 14.3 Å². The predicted molar refractivity (Wildman–Crippen MR) is 80.9 cm³/mol. The van der Waals surface area contributed by atoms with E-state index < -0.39 is 0 Å². The van der Waals surface area contributed by atoms with E-state index in [2.05, 4.69) is 5.10 Å². The predicted octanol–water partition coefficient (Wildman–Crippen LogP) is 0.888. The van der Waals surface area contributed by atoms with E-state index in [9.17, 15) is 9.59 Å². The molecule has 6 nitrogen and oxygen atoms in total. The highest BCUT2D eigenvalue weighted by Crippen LogP contribution is 2.22. The summed E-state index contributed by atoms with van der Waals surface area (Å²) in [7, 11) is 0. The lowest BCUT2D eigenvalue weighted by molar-refractivity contribution is -0.139. The summed E-state index contributed by atoms with van der Waals surface area (Å²) in [5.74, 6) is 1.27. The number of amides is 2. The fourth-order valence-electron chi connectivity index (χ4n) is 2.83. The van der Waals surface area contributed by atoms with Crippen molar-refractivity contribution < 1.29 is 9.59 Å². The normalized spacial score (nSPS) is 22.9. The van der Waals surface area contributed by atoms with Gasteiger partial charge in [0.1, 0.15) is 6.54 Å². The second-order valence-electron chi connectivity index (χ2n) is 5.70. The molecule has 2 aliphatic heterocycles. The van der Waals surface area contributed by atoms with Gasteiger partial charge < -0.3 is 9.80 Å². The first-order valence-corrected chi connectivity index (χ1v) is 8.43. The van der Waals surface area contributed by atoms with E-state index in [0.717, 1.165) is 24.9 Å². The second kappa shape index (κ2) is 6.09. The zero-order valence-electron chi connectivity index (χ0n) is 12.2. The molecule has 21 heavy (non-hydrogen) atoms. The monoisotopic (exact) mass is 308 g/mol. The summed E-state index contributed by atoms with van der Waals surface area (Å²) in [6.45, 7) is 3.71. The van der Waals surface area contributed by atoms with Crippen LogP contribution in [0.5, 0.6) is 0 Å². The maximum absolute atomic E-state index is 12.4.